The van der Waals surface area contributed by atoms with Gasteiger partial charge < -0.3 is 15.2 Å². The molecule has 0 aromatic carbocycles. The summed E-state index contributed by atoms with van der Waals surface area (Å²) in [4.78, 5) is 10.9. The summed E-state index contributed by atoms with van der Waals surface area (Å²) in [6.45, 7) is 5.59. The maximum absolute atomic E-state index is 8.73. The summed E-state index contributed by atoms with van der Waals surface area (Å²) < 4.78 is 5.26. The number of nitrogens with zero attached hydrogens (tertiary/aromatic N) is 3. The lowest BCUT2D eigenvalue weighted by Crippen LogP contribution is -2.43. The van der Waals surface area contributed by atoms with Crippen LogP contribution in [0.3, 0.4) is 0 Å². The number of rotatable bonds is 7. The molecule has 1 fully saturated rings. The van der Waals surface area contributed by atoms with Gasteiger partial charge in [-0.1, -0.05) is 13.3 Å². The second kappa shape index (κ2) is 8.01. The van der Waals surface area contributed by atoms with Gasteiger partial charge >= 0.3 is 0 Å². The van der Waals surface area contributed by atoms with Crippen molar-refractivity contribution in [2.45, 2.75) is 32.2 Å². The summed E-state index contributed by atoms with van der Waals surface area (Å²) in [6.07, 6.45) is 7.09. The van der Waals surface area contributed by atoms with Gasteiger partial charge in [0, 0.05) is 12.6 Å². The van der Waals surface area contributed by atoms with Crippen LogP contribution < -0.4 is 10.1 Å². The van der Waals surface area contributed by atoms with E-state index in [0.29, 0.717) is 11.9 Å². The topological polar surface area (TPSA) is 70.5 Å². The Labute approximate surface area is 120 Å². The molecule has 112 valence electrons. The number of hydrogen-bond acceptors (Lipinski definition) is 6. The second-order valence-electron chi connectivity index (χ2n) is 4.97. The highest BCUT2D eigenvalue weighted by atomic mass is 16.5. The molecule has 6 nitrogen and oxygen atoms in total. The van der Waals surface area contributed by atoms with Crippen molar-refractivity contribution in [3.8, 4) is 5.88 Å². The van der Waals surface area contributed by atoms with Gasteiger partial charge in [0.15, 0.2) is 0 Å². The summed E-state index contributed by atoms with van der Waals surface area (Å²) in [7, 11) is 0. The summed E-state index contributed by atoms with van der Waals surface area (Å²) in [5.41, 5.74) is 0. The van der Waals surface area contributed by atoms with Crippen molar-refractivity contribution >= 4 is 5.82 Å². The molecule has 0 bridgehead atoms. The Hall–Kier alpha value is -1.40. The van der Waals surface area contributed by atoms with Crippen LogP contribution in [0.15, 0.2) is 12.4 Å². The van der Waals surface area contributed by atoms with Crippen molar-refractivity contribution in [2.24, 2.45) is 0 Å². The van der Waals surface area contributed by atoms with E-state index < -0.39 is 0 Å². The highest BCUT2D eigenvalue weighted by molar-refractivity contribution is 5.33. The van der Waals surface area contributed by atoms with Gasteiger partial charge in [-0.25, -0.2) is 0 Å². The van der Waals surface area contributed by atoms with Gasteiger partial charge in [-0.3, -0.25) is 9.88 Å². The minimum absolute atomic E-state index is 0.0210. The SMILES string of the molecule is CCN1CCCC[C@H]1CNc1cncc(OCCO)n1. The summed E-state index contributed by atoms with van der Waals surface area (Å²) in [5, 5.41) is 12.1. The van der Waals surface area contributed by atoms with Crippen molar-refractivity contribution in [3.05, 3.63) is 12.4 Å². The highest BCUT2D eigenvalue weighted by Gasteiger charge is 2.20. The first kappa shape index (κ1) is 15.0. The Balaban J connectivity index is 1.86. The normalized spacial score (nSPS) is 19.8. The van der Waals surface area contributed by atoms with E-state index in [0.717, 1.165) is 18.9 Å². The summed E-state index contributed by atoms with van der Waals surface area (Å²) in [5.74, 6) is 1.17. The average molecular weight is 280 g/mol. The van der Waals surface area contributed by atoms with Crippen LogP contribution in [0.1, 0.15) is 26.2 Å². The average Bonchev–Trinajstić information content (AvgIpc) is 2.51. The van der Waals surface area contributed by atoms with Crippen molar-refractivity contribution in [3.63, 3.8) is 0 Å². The highest BCUT2D eigenvalue weighted by Crippen LogP contribution is 2.17. The van der Waals surface area contributed by atoms with Gasteiger partial charge in [0.2, 0.25) is 5.88 Å². The molecule has 0 unspecified atom stereocenters. The molecular weight excluding hydrogens is 256 g/mol. The largest absolute Gasteiger partial charge is 0.474 e. The van der Waals surface area contributed by atoms with Crippen LogP contribution in [-0.4, -0.2) is 58.9 Å². The number of nitrogens with one attached hydrogen (secondary N) is 1. The van der Waals surface area contributed by atoms with E-state index in [4.69, 9.17) is 9.84 Å². The van der Waals surface area contributed by atoms with Gasteiger partial charge in [0.1, 0.15) is 12.4 Å². The van der Waals surface area contributed by atoms with Gasteiger partial charge in [0.05, 0.1) is 19.0 Å². The smallest absolute Gasteiger partial charge is 0.234 e. The first-order valence-corrected chi connectivity index (χ1v) is 7.37. The molecule has 1 atom stereocenters. The molecule has 2 N–H and O–H groups in total. The van der Waals surface area contributed by atoms with Crippen LogP contribution >= 0.6 is 0 Å². The van der Waals surface area contributed by atoms with E-state index in [1.807, 2.05) is 0 Å². The van der Waals surface area contributed by atoms with Crippen LogP contribution in [0.4, 0.5) is 5.82 Å². The Morgan fingerprint density at radius 3 is 3.15 bits per heavy atom. The molecule has 0 spiro atoms. The molecule has 1 aliphatic rings. The Kier molecular flexibility index (Phi) is 6.01. The monoisotopic (exact) mass is 280 g/mol. The lowest BCUT2D eigenvalue weighted by Gasteiger charge is -2.35. The number of piperidine rings is 1. The molecule has 2 heterocycles. The standard InChI is InChI=1S/C14H24N4O2/c1-2-18-6-4-3-5-12(18)9-16-13-10-15-11-14(17-13)20-8-7-19/h10-12,19H,2-9H2,1H3,(H,16,17)/t12-/m0/s1. The molecule has 0 saturated carbocycles. The first-order chi connectivity index (χ1) is 9.83. The lowest BCUT2D eigenvalue weighted by molar-refractivity contribution is 0.164. The number of likely N-dealkylation sites (N-methyl/N-ethyl adjacent to an activating group) is 1. The molecule has 1 aliphatic heterocycles. The Bertz CT molecular complexity index is 403. The predicted octanol–water partition coefficient (Wildman–Crippen LogP) is 1.13. The van der Waals surface area contributed by atoms with E-state index in [1.165, 1.54) is 25.8 Å². The molecule has 0 radical (unpaired) electrons. The van der Waals surface area contributed by atoms with E-state index in [2.05, 4.69) is 27.1 Å². The van der Waals surface area contributed by atoms with Crippen LogP contribution in [0.2, 0.25) is 0 Å². The third kappa shape index (κ3) is 4.31. The van der Waals surface area contributed by atoms with Gasteiger partial charge in [-0.2, -0.15) is 4.98 Å². The van der Waals surface area contributed by atoms with E-state index >= 15 is 0 Å². The fourth-order valence-corrected chi connectivity index (χ4v) is 2.58. The van der Waals surface area contributed by atoms with Gasteiger partial charge in [-0.15, -0.1) is 0 Å². The van der Waals surface area contributed by atoms with Crippen LogP contribution in [0.5, 0.6) is 5.88 Å². The molecular formula is C14H24N4O2. The van der Waals surface area contributed by atoms with Crippen molar-refractivity contribution < 1.29 is 9.84 Å². The quantitative estimate of drug-likeness (QED) is 0.780. The first-order valence-electron chi connectivity index (χ1n) is 7.37. The maximum atomic E-state index is 8.73. The van der Waals surface area contributed by atoms with E-state index in [1.54, 1.807) is 12.4 Å². The number of aliphatic hydroxyl groups excluding tert-OH is 1. The Morgan fingerprint density at radius 2 is 2.35 bits per heavy atom. The van der Waals surface area contributed by atoms with E-state index in [9.17, 15) is 0 Å². The summed E-state index contributed by atoms with van der Waals surface area (Å²) in [6, 6.07) is 0.567. The molecule has 1 aromatic heterocycles. The second-order valence-corrected chi connectivity index (χ2v) is 4.97. The molecule has 20 heavy (non-hydrogen) atoms. The third-order valence-electron chi connectivity index (χ3n) is 3.63. The molecule has 2 rings (SSSR count). The maximum Gasteiger partial charge on any atom is 0.234 e. The number of aromatic nitrogens is 2. The molecule has 1 aromatic rings. The number of aliphatic hydroxyl groups is 1. The minimum atomic E-state index is -0.0210. The van der Waals surface area contributed by atoms with E-state index in [-0.39, 0.29) is 13.2 Å². The predicted molar refractivity (Wildman–Crippen MR) is 78.0 cm³/mol. The minimum Gasteiger partial charge on any atom is -0.474 e. The number of anilines is 1. The third-order valence-corrected chi connectivity index (χ3v) is 3.63. The van der Waals surface area contributed by atoms with Crippen molar-refractivity contribution in [1.29, 1.82) is 0 Å². The molecule has 1 saturated heterocycles. The van der Waals surface area contributed by atoms with Crippen LogP contribution in [-0.2, 0) is 0 Å². The van der Waals surface area contributed by atoms with Crippen LogP contribution in [0.25, 0.3) is 0 Å². The zero-order chi connectivity index (χ0) is 14.2. The number of ether oxygens (including phenoxy) is 1. The van der Waals surface area contributed by atoms with Crippen molar-refractivity contribution in [2.75, 3.05) is 38.2 Å². The zero-order valence-corrected chi connectivity index (χ0v) is 12.1. The lowest BCUT2D eigenvalue weighted by atomic mass is 10.0. The molecule has 0 aliphatic carbocycles. The Morgan fingerprint density at radius 1 is 1.45 bits per heavy atom. The number of hydrogen-bond donors (Lipinski definition) is 2. The van der Waals surface area contributed by atoms with Crippen LogP contribution in [0, 0.1) is 0 Å². The van der Waals surface area contributed by atoms with Gasteiger partial charge in [0.25, 0.3) is 0 Å². The number of likely N-dealkylation sites (tertiary alicyclic amines) is 1. The summed E-state index contributed by atoms with van der Waals surface area (Å²) >= 11 is 0. The zero-order valence-electron chi connectivity index (χ0n) is 12.1. The van der Waals surface area contributed by atoms with Crippen molar-refractivity contribution in [1.82, 2.24) is 14.9 Å². The van der Waals surface area contributed by atoms with Gasteiger partial charge in [-0.05, 0) is 25.9 Å². The molecule has 0 amide bonds. The fraction of sp³-hybridized carbons (Fsp3) is 0.714. The molecule has 6 heteroatoms. The fourth-order valence-electron chi connectivity index (χ4n) is 2.58.